The van der Waals surface area contributed by atoms with E-state index in [0.29, 0.717) is 17.1 Å². The molecule has 3 aromatic rings. The molecular weight excluding hydrogens is 377 g/mol. The van der Waals surface area contributed by atoms with Crippen molar-refractivity contribution in [2.45, 2.75) is 0 Å². The second-order valence-electron chi connectivity index (χ2n) is 4.73. The second-order valence-corrected chi connectivity index (χ2v) is 5.65. The molecule has 0 unspecified atom stereocenters. The van der Waals surface area contributed by atoms with Crippen LogP contribution in [-0.4, -0.2) is 25.7 Å². The van der Waals surface area contributed by atoms with Crippen LogP contribution in [0.2, 0.25) is 0 Å². The normalized spacial score (nSPS) is 10.9. The number of nitrogens with one attached hydrogen (secondary N) is 1. The van der Waals surface area contributed by atoms with E-state index in [1.165, 1.54) is 41.8 Å². The SMILES string of the molecule is O=C(/C=C/c1cc(Br)ccc1F)Nc1ccc(-n2cncn2)nc1. The molecule has 0 aliphatic rings. The van der Waals surface area contributed by atoms with Crippen LogP contribution in [0.1, 0.15) is 5.56 Å². The molecule has 0 atom stereocenters. The Labute approximate surface area is 145 Å². The third-order valence-corrected chi connectivity index (χ3v) is 3.53. The minimum Gasteiger partial charge on any atom is -0.321 e. The molecule has 24 heavy (non-hydrogen) atoms. The summed E-state index contributed by atoms with van der Waals surface area (Å²) < 4.78 is 15.8. The Balaban J connectivity index is 1.66. The summed E-state index contributed by atoms with van der Waals surface area (Å²) in [6, 6.07) is 7.90. The molecule has 0 saturated carbocycles. The van der Waals surface area contributed by atoms with Gasteiger partial charge >= 0.3 is 0 Å². The summed E-state index contributed by atoms with van der Waals surface area (Å²) in [5.41, 5.74) is 0.836. The third kappa shape index (κ3) is 3.90. The summed E-state index contributed by atoms with van der Waals surface area (Å²) in [7, 11) is 0. The number of nitrogens with zero attached hydrogens (tertiary/aromatic N) is 4. The highest BCUT2D eigenvalue weighted by molar-refractivity contribution is 9.10. The van der Waals surface area contributed by atoms with Crippen molar-refractivity contribution in [2.24, 2.45) is 0 Å². The number of carbonyl (C=O) groups is 1. The minimum atomic E-state index is -0.402. The number of hydrogen-bond donors (Lipinski definition) is 1. The molecule has 1 aromatic carbocycles. The van der Waals surface area contributed by atoms with Crippen molar-refractivity contribution in [3.63, 3.8) is 0 Å². The van der Waals surface area contributed by atoms with E-state index in [1.807, 2.05) is 0 Å². The molecule has 0 aliphatic carbocycles. The van der Waals surface area contributed by atoms with Gasteiger partial charge in [0.05, 0.1) is 11.9 Å². The van der Waals surface area contributed by atoms with Crippen LogP contribution >= 0.6 is 15.9 Å². The first-order valence-corrected chi connectivity index (χ1v) is 7.66. The van der Waals surface area contributed by atoms with Crippen LogP contribution < -0.4 is 5.32 Å². The van der Waals surface area contributed by atoms with E-state index in [4.69, 9.17) is 0 Å². The van der Waals surface area contributed by atoms with Crippen molar-refractivity contribution in [1.29, 1.82) is 0 Å². The topological polar surface area (TPSA) is 72.7 Å². The van der Waals surface area contributed by atoms with Gasteiger partial charge in [0.25, 0.3) is 0 Å². The van der Waals surface area contributed by atoms with E-state index < -0.39 is 5.82 Å². The highest BCUT2D eigenvalue weighted by atomic mass is 79.9. The average molecular weight is 388 g/mol. The van der Waals surface area contributed by atoms with Crippen molar-refractivity contribution < 1.29 is 9.18 Å². The van der Waals surface area contributed by atoms with Crippen molar-refractivity contribution in [3.8, 4) is 5.82 Å². The predicted octanol–water partition coefficient (Wildman–Crippen LogP) is 3.22. The van der Waals surface area contributed by atoms with Gasteiger partial charge < -0.3 is 5.32 Å². The molecule has 1 N–H and O–H groups in total. The molecule has 0 fully saturated rings. The summed E-state index contributed by atoms with van der Waals surface area (Å²) in [5, 5.41) is 6.61. The molecule has 8 heteroatoms. The Morgan fingerprint density at radius 1 is 1.29 bits per heavy atom. The fourth-order valence-corrected chi connectivity index (χ4v) is 2.29. The molecular formula is C16H11BrFN5O. The lowest BCUT2D eigenvalue weighted by Gasteiger charge is -2.03. The average Bonchev–Trinajstić information content (AvgIpc) is 3.11. The highest BCUT2D eigenvalue weighted by Gasteiger charge is 2.03. The lowest BCUT2D eigenvalue weighted by atomic mass is 10.2. The van der Waals surface area contributed by atoms with Crippen LogP contribution in [0.15, 0.2) is 59.7 Å². The second kappa shape index (κ2) is 7.14. The molecule has 2 aromatic heterocycles. The fraction of sp³-hybridized carbons (Fsp3) is 0. The van der Waals surface area contributed by atoms with E-state index in [9.17, 15) is 9.18 Å². The van der Waals surface area contributed by atoms with Gasteiger partial charge in [0, 0.05) is 16.1 Å². The van der Waals surface area contributed by atoms with E-state index >= 15 is 0 Å². The molecule has 0 bridgehead atoms. The molecule has 0 radical (unpaired) electrons. The molecule has 0 aliphatic heterocycles. The summed E-state index contributed by atoms with van der Waals surface area (Å²) in [5.74, 6) is -0.206. The molecule has 2 heterocycles. The Hall–Kier alpha value is -2.87. The highest BCUT2D eigenvalue weighted by Crippen LogP contribution is 2.17. The number of rotatable bonds is 4. The van der Waals surface area contributed by atoms with E-state index in [2.05, 4.69) is 36.3 Å². The van der Waals surface area contributed by atoms with Crippen LogP contribution in [0.5, 0.6) is 0 Å². The van der Waals surface area contributed by atoms with E-state index in [1.54, 1.807) is 24.3 Å². The Bertz CT molecular complexity index is 878. The smallest absolute Gasteiger partial charge is 0.248 e. The van der Waals surface area contributed by atoms with E-state index in [-0.39, 0.29) is 5.91 Å². The number of carbonyl (C=O) groups excluding carboxylic acids is 1. The van der Waals surface area contributed by atoms with Gasteiger partial charge in [-0.15, -0.1) is 0 Å². The summed E-state index contributed by atoms with van der Waals surface area (Å²) in [6.45, 7) is 0. The zero-order valence-corrected chi connectivity index (χ0v) is 13.8. The first kappa shape index (κ1) is 16.0. The largest absolute Gasteiger partial charge is 0.321 e. The summed E-state index contributed by atoms with van der Waals surface area (Å²) in [6.07, 6.45) is 7.10. The molecule has 120 valence electrons. The maximum absolute atomic E-state index is 13.6. The number of hydrogen-bond acceptors (Lipinski definition) is 4. The van der Waals surface area contributed by atoms with Gasteiger partial charge in [0.2, 0.25) is 5.91 Å². The minimum absolute atomic E-state index is 0.319. The Kier molecular flexibility index (Phi) is 4.76. The van der Waals surface area contributed by atoms with Crippen molar-refractivity contribution in [2.75, 3.05) is 5.32 Å². The van der Waals surface area contributed by atoms with Crippen LogP contribution in [0, 0.1) is 5.82 Å². The zero-order chi connectivity index (χ0) is 16.9. The van der Waals surface area contributed by atoms with Crippen LogP contribution in [-0.2, 0) is 4.79 Å². The number of anilines is 1. The van der Waals surface area contributed by atoms with Gasteiger partial charge in [-0.3, -0.25) is 4.79 Å². The van der Waals surface area contributed by atoms with Crippen molar-refractivity contribution in [1.82, 2.24) is 19.7 Å². The molecule has 3 rings (SSSR count). The van der Waals surface area contributed by atoms with Crippen LogP contribution in [0.3, 0.4) is 0 Å². The maximum atomic E-state index is 13.6. The fourth-order valence-electron chi connectivity index (χ4n) is 1.91. The van der Waals surface area contributed by atoms with Crippen LogP contribution in [0.4, 0.5) is 10.1 Å². The van der Waals surface area contributed by atoms with E-state index in [0.717, 1.165) is 4.47 Å². The first-order valence-electron chi connectivity index (χ1n) is 6.87. The summed E-state index contributed by atoms with van der Waals surface area (Å²) in [4.78, 5) is 19.9. The van der Waals surface area contributed by atoms with Gasteiger partial charge in [-0.1, -0.05) is 15.9 Å². The third-order valence-electron chi connectivity index (χ3n) is 3.04. The van der Waals surface area contributed by atoms with Crippen molar-refractivity contribution in [3.05, 3.63) is 71.1 Å². The first-order chi connectivity index (χ1) is 11.6. The van der Waals surface area contributed by atoms with Crippen molar-refractivity contribution >= 4 is 33.6 Å². The lowest BCUT2D eigenvalue weighted by Crippen LogP contribution is -2.08. The van der Waals surface area contributed by atoms with Gasteiger partial charge in [-0.25, -0.2) is 19.0 Å². The van der Waals surface area contributed by atoms with Gasteiger partial charge in [0.15, 0.2) is 5.82 Å². The molecule has 6 nitrogen and oxygen atoms in total. The Morgan fingerprint density at radius 3 is 2.88 bits per heavy atom. The number of halogens is 2. The van der Waals surface area contributed by atoms with Gasteiger partial charge in [-0.2, -0.15) is 5.10 Å². The molecule has 1 amide bonds. The number of amides is 1. The monoisotopic (exact) mass is 387 g/mol. The van der Waals surface area contributed by atoms with Gasteiger partial charge in [-0.05, 0) is 36.4 Å². The molecule has 0 saturated heterocycles. The number of aromatic nitrogens is 4. The lowest BCUT2D eigenvalue weighted by molar-refractivity contribution is -0.111. The predicted molar refractivity (Wildman–Crippen MR) is 90.9 cm³/mol. The molecule has 0 spiro atoms. The van der Waals surface area contributed by atoms with Gasteiger partial charge in [0.1, 0.15) is 18.5 Å². The number of benzene rings is 1. The zero-order valence-electron chi connectivity index (χ0n) is 12.2. The summed E-state index contributed by atoms with van der Waals surface area (Å²) >= 11 is 3.26. The standard InChI is InChI=1S/C16H11BrFN5O/c17-12-2-4-14(18)11(7-12)1-6-16(24)22-13-3-5-15(20-8-13)23-10-19-9-21-23/h1-10H,(H,22,24)/b6-1+. The quantitative estimate of drug-likeness (QED) is 0.697. The maximum Gasteiger partial charge on any atom is 0.248 e. The Morgan fingerprint density at radius 2 is 2.17 bits per heavy atom. The van der Waals surface area contributed by atoms with Crippen LogP contribution in [0.25, 0.3) is 11.9 Å². The number of pyridine rings is 1.